The molecular formula is C12H21N3O2S. The molecule has 0 aliphatic rings. The number of nitrogens with one attached hydrogen (secondary N) is 2. The van der Waals surface area contributed by atoms with Crippen molar-refractivity contribution in [3.05, 3.63) is 15.6 Å². The molecule has 1 atom stereocenters. The van der Waals surface area contributed by atoms with Gasteiger partial charge in [-0.25, -0.2) is 9.78 Å². The van der Waals surface area contributed by atoms with Crippen LogP contribution in [0.4, 0.5) is 4.79 Å². The maximum Gasteiger partial charge on any atom is 0.315 e. The fraction of sp³-hybridized carbons (Fsp3) is 0.667. The van der Waals surface area contributed by atoms with Crippen molar-refractivity contribution in [2.24, 2.45) is 0 Å². The average molecular weight is 271 g/mol. The van der Waals surface area contributed by atoms with Gasteiger partial charge in [0.15, 0.2) is 0 Å². The first-order valence-corrected chi connectivity index (χ1v) is 6.96. The van der Waals surface area contributed by atoms with Gasteiger partial charge in [-0.15, -0.1) is 11.3 Å². The largest absolute Gasteiger partial charge is 0.394 e. The van der Waals surface area contributed by atoms with Crippen LogP contribution in [-0.2, 0) is 6.42 Å². The van der Waals surface area contributed by atoms with Gasteiger partial charge in [0.05, 0.1) is 23.4 Å². The maximum absolute atomic E-state index is 11.5. The van der Waals surface area contributed by atoms with Crippen LogP contribution >= 0.6 is 11.3 Å². The van der Waals surface area contributed by atoms with Crippen molar-refractivity contribution >= 4 is 17.4 Å². The Labute approximate surface area is 112 Å². The molecule has 2 amide bonds. The van der Waals surface area contributed by atoms with E-state index in [-0.39, 0.29) is 18.7 Å². The van der Waals surface area contributed by atoms with Gasteiger partial charge in [0, 0.05) is 17.8 Å². The number of aryl methyl sites for hydroxylation is 2. The van der Waals surface area contributed by atoms with Gasteiger partial charge in [0.2, 0.25) is 0 Å². The maximum atomic E-state index is 11.5. The van der Waals surface area contributed by atoms with Crippen molar-refractivity contribution in [3.8, 4) is 0 Å². The summed E-state index contributed by atoms with van der Waals surface area (Å²) in [4.78, 5) is 17.1. The van der Waals surface area contributed by atoms with E-state index in [1.165, 1.54) is 4.88 Å². The van der Waals surface area contributed by atoms with E-state index >= 15 is 0 Å². The molecule has 0 bridgehead atoms. The van der Waals surface area contributed by atoms with Gasteiger partial charge in [0.25, 0.3) is 0 Å². The third-order valence-electron chi connectivity index (χ3n) is 2.75. The summed E-state index contributed by atoms with van der Waals surface area (Å²) in [5, 5.41) is 15.5. The topological polar surface area (TPSA) is 74.2 Å². The summed E-state index contributed by atoms with van der Waals surface area (Å²) < 4.78 is 0. The molecule has 0 aromatic carbocycles. The van der Waals surface area contributed by atoms with E-state index in [0.717, 1.165) is 23.5 Å². The number of aliphatic hydroxyl groups excluding tert-OH is 1. The minimum atomic E-state index is -0.235. The van der Waals surface area contributed by atoms with Crippen LogP contribution in [0.5, 0.6) is 0 Å². The lowest BCUT2D eigenvalue weighted by molar-refractivity contribution is 0.214. The number of carbonyl (C=O) groups excluding carboxylic acids is 1. The molecule has 0 saturated carbocycles. The Kier molecular flexibility index (Phi) is 6.07. The summed E-state index contributed by atoms with van der Waals surface area (Å²) in [6, 6.07) is -0.407. The molecule has 18 heavy (non-hydrogen) atoms. The standard InChI is InChI=1S/C12H21N3O2S/c1-4-10(7-16)15-12(17)13-6-5-11-14-8(2)9(3)18-11/h10,16H,4-7H2,1-3H3,(H2,13,15,17). The summed E-state index contributed by atoms with van der Waals surface area (Å²) in [6.45, 7) is 6.48. The molecule has 0 spiro atoms. The number of aliphatic hydroxyl groups is 1. The molecule has 1 aromatic heterocycles. The molecule has 1 unspecified atom stereocenters. The Morgan fingerprint density at radius 2 is 2.22 bits per heavy atom. The second-order valence-corrected chi connectivity index (χ2v) is 5.47. The summed E-state index contributed by atoms with van der Waals surface area (Å²) >= 11 is 1.67. The molecule has 1 aromatic rings. The highest BCUT2D eigenvalue weighted by molar-refractivity contribution is 7.11. The Balaban J connectivity index is 2.27. The first-order chi connectivity index (χ1) is 8.56. The fourth-order valence-corrected chi connectivity index (χ4v) is 2.38. The Morgan fingerprint density at radius 1 is 1.50 bits per heavy atom. The quantitative estimate of drug-likeness (QED) is 0.731. The number of rotatable bonds is 6. The van der Waals surface area contributed by atoms with Crippen LogP contribution in [0.15, 0.2) is 0 Å². The summed E-state index contributed by atoms with van der Waals surface area (Å²) in [5.41, 5.74) is 1.06. The van der Waals surface area contributed by atoms with E-state index in [1.54, 1.807) is 11.3 Å². The van der Waals surface area contributed by atoms with Crippen molar-refractivity contribution in [2.75, 3.05) is 13.2 Å². The second-order valence-electron chi connectivity index (χ2n) is 4.19. The van der Waals surface area contributed by atoms with E-state index in [1.807, 2.05) is 20.8 Å². The van der Waals surface area contributed by atoms with Gasteiger partial charge in [0.1, 0.15) is 0 Å². The van der Waals surface area contributed by atoms with Gasteiger partial charge in [-0.2, -0.15) is 0 Å². The van der Waals surface area contributed by atoms with Crippen molar-refractivity contribution < 1.29 is 9.90 Å². The summed E-state index contributed by atoms with van der Waals surface area (Å²) in [5.74, 6) is 0. The number of thiazole rings is 1. The van der Waals surface area contributed by atoms with Crippen LogP contribution in [0.3, 0.4) is 0 Å². The molecule has 0 saturated heterocycles. The molecule has 5 nitrogen and oxygen atoms in total. The third-order valence-corrected chi connectivity index (χ3v) is 3.88. The van der Waals surface area contributed by atoms with Gasteiger partial charge in [-0.3, -0.25) is 0 Å². The van der Waals surface area contributed by atoms with E-state index in [4.69, 9.17) is 5.11 Å². The molecular weight excluding hydrogens is 250 g/mol. The molecule has 1 rings (SSSR count). The normalized spacial score (nSPS) is 12.2. The number of hydrogen-bond acceptors (Lipinski definition) is 4. The van der Waals surface area contributed by atoms with Crippen LogP contribution in [0.25, 0.3) is 0 Å². The van der Waals surface area contributed by atoms with Crippen LogP contribution < -0.4 is 10.6 Å². The highest BCUT2D eigenvalue weighted by Crippen LogP contribution is 2.16. The summed E-state index contributed by atoms with van der Waals surface area (Å²) in [7, 11) is 0. The highest BCUT2D eigenvalue weighted by atomic mass is 32.1. The molecule has 6 heteroatoms. The zero-order valence-corrected chi connectivity index (χ0v) is 11.9. The van der Waals surface area contributed by atoms with Gasteiger partial charge in [-0.1, -0.05) is 6.92 Å². The highest BCUT2D eigenvalue weighted by Gasteiger charge is 2.09. The van der Waals surface area contributed by atoms with Gasteiger partial charge in [-0.05, 0) is 20.3 Å². The number of urea groups is 1. The Bertz CT molecular complexity index is 369. The lowest BCUT2D eigenvalue weighted by Gasteiger charge is -2.14. The van der Waals surface area contributed by atoms with E-state index < -0.39 is 0 Å². The molecule has 0 radical (unpaired) electrons. The minimum Gasteiger partial charge on any atom is -0.394 e. The van der Waals surface area contributed by atoms with Crippen LogP contribution in [0.2, 0.25) is 0 Å². The number of aromatic nitrogens is 1. The Hall–Kier alpha value is -1.14. The first kappa shape index (κ1) is 14.9. The van der Waals surface area contributed by atoms with Crippen molar-refractivity contribution in [1.82, 2.24) is 15.6 Å². The van der Waals surface area contributed by atoms with Crippen LogP contribution in [0, 0.1) is 13.8 Å². The zero-order chi connectivity index (χ0) is 13.5. The van der Waals surface area contributed by atoms with Gasteiger partial charge >= 0.3 is 6.03 Å². The molecule has 102 valence electrons. The van der Waals surface area contributed by atoms with Crippen molar-refractivity contribution in [1.29, 1.82) is 0 Å². The van der Waals surface area contributed by atoms with E-state index in [0.29, 0.717) is 6.54 Å². The molecule has 0 aliphatic heterocycles. The molecule has 1 heterocycles. The lowest BCUT2D eigenvalue weighted by Crippen LogP contribution is -2.44. The van der Waals surface area contributed by atoms with E-state index in [9.17, 15) is 4.79 Å². The first-order valence-electron chi connectivity index (χ1n) is 6.15. The third kappa shape index (κ3) is 4.62. The number of hydrogen-bond donors (Lipinski definition) is 3. The van der Waals surface area contributed by atoms with E-state index in [2.05, 4.69) is 15.6 Å². The molecule has 0 fully saturated rings. The second kappa shape index (κ2) is 7.33. The smallest absolute Gasteiger partial charge is 0.315 e. The van der Waals surface area contributed by atoms with Gasteiger partial charge < -0.3 is 15.7 Å². The Morgan fingerprint density at radius 3 is 2.72 bits per heavy atom. The molecule has 0 aliphatic carbocycles. The summed E-state index contributed by atoms with van der Waals surface area (Å²) in [6.07, 6.45) is 1.46. The minimum absolute atomic E-state index is 0.0329. The lowest BCUT2D eigenvalue weighted by atomic mass is 10.2. The predicted octanol–water partition coefficient (Wildman–Crippen LogP) is 1.37. The number of carbonyl (C=O) groups is 1. The van der Waals surface area contributed by atoms with Crippen molar-refractivity contribution in [2.45, 2.75) is 39.7 Å². The van der Waals surface area contributed by atoms with Crippen LogP contribution in [-0.4, -0.2) is 35.3 Å². The van der Waals surface area contributed by atoms with Crippen LogP contribution in [0.1, 0.15) is 28.9 Å². The molecule has 3 N–H and O–H groups in total. The monoisotopic (exact) mass is 271 g/mol. The SMILES string of the molecule is CCC(CO)NC(=O)NCCc1nc(C)c(C)s1. The fourth-order valence-electron chi connectivity index (χ4n) is 1.44. The van der Waals surface area contributed by atoms with Crippen molar-refractivity contribution in [3.63, 3.8) is 0 Å². The number of amides is 2. The zero-order valence-electron chi connectivity index (χ0n) is 11.1. The average Bonchev–Trinajstić information content (AvgIpc) is 2.65. The predicted molar refractivity (Wildman–Crippen MR) is 73.0 cm³/mol. The number of nitrogens with zero attached hydrogens (tertiary/aromatic N) is 1.